The summed E-state index contributed by atoms with van der Waals surface area (Å²) in [5, 5.41) is 5.37. The number of hydrogen-bond donors (Lipinski definition) is 2. The zero-order valence-corrected chi connectivity index (χ0v) is 27.7. The predicted molar refractivity (Wildman–Crippen MR) is 184 cm³/mol. The highest BCUT2D eigenvalue weighted by Crippen LogP contribution is 2.10. The third-order valence-electron chi connectivity index (χ3n) is 7.39. The summed E-state index contributed by atoms with van der Waals surface area (Å²) < 4.78 is 16.2. The van der Waals surface area contributed by atoms with Crippen LogP contribution in [0, 0.1) is 0 Å². The van der Waals surface area contributed by atoms with E-state index in [0.29, 0.717) is 0 Å². The van der Waals surface area contributed by atoms with E-state index in [9.17, 15) is 19.2 Å². The van der Waals surface area contributed by atoms with E-state index < -0.39 is 36.0 Å². The summed E-state index contributed by atoms with van der Waals surface area (Å²) in [5.74, 6) is -1.71. The molecule has 0 radical (unpaired) electrons. The van der Waals surface area contributed by atoms with E-state index in [0.717, 1.165) is 22.3 Å². The first-order valence-electron chi connectivity index (χ1n) is 16.4. The molecule has 0 aromatic heterocycles. The monoisotopic (exact) mass is 682 g/mol. The molecule has 0 aliphatic rings. The summed E-state index contributed by atoms with van der Waals surface area (Å²) in [6, 6.07) is 34.4. The standard InChI is InChI=1S/C39H42N2O9/c42-36(46-25-30-13-5-1-6-14-30)23-21-34(29-50-49-28-33-19-11-4-12-20-33)40-39(45)41-35(38(44)48-27-32-17-9-3-10-18-32)22-24-37(43)47-26-31-15-7-2-8-16-31/h1-20,34-35H,21-29H2,(H2,40,41,45)/t34-,35-/m1/s1. The molecule has 4 aromatic rings. The smallest absolute Gasteiger partial charge is 0.329 e. The minimum atomic E-state index is -1.17. The number of benzene rings is 4. The van der Waals surface area contributed by atoms with E-state index in [1.807, 2.05) is 109 Å². The molecule has 0 bridgehead atoms. The SMILES string of the molecule is O=C(N[C@H](CCC(=O)OCc1ccccc1)COOCc1ccccc1)N[C@H](CCC(=O)OCc1ccccc1)C(=O)OCc1ccccc1. The molecule has 0 spiro atoms. The second-order valence-corrected chi connectivity index (χ2v) is 11.4. The summed E-state index contributed by atoms with van der Waals surface area (Å²) in [6.45, 7) is 0.266. The number of ether oxygens (including phenoxy) is 3. The second-order valence-electron chi connectivity index (χ2n) is 11.4. The summed E-state index contributed by atoms with van der Waals surface area (Å²) in [4.78, 5) is 62.2. The summed E-state index contributed by atoms with van der Waals surface area (Å²) in [6.07, 6.45) is -0.0759. The molecule has 0 aliphatic heterocycles. The highest BCUT2D eigenvalue weighted by atomic mass is 17.2. The van der Waals surface area contributed by atoms with Crippen molar-refractivity contribution in [3.63, 3.8) is 0 Å². The Labute approximate surface area is 291 Å². The van der Waals surface area contributed by atoms with E-state index in [4.69, 9.17) is 24.0 Å². The Balaban J connectivity index is 1.33. The molecule has 262 valence electrons. The van der Waals surface area contributed by atoms with E-state index >= 15 is 0 Å². The number of urea groups is 1. The normalized spacial score (nSPS) is 11.8. The lowest BCUT2D eigenvalue weighted by Gasteiger charge is -2.22. The van der Waals surface area contributed by atoms with Gasteiger partial charge in [-0.3, -0.25) is 9.59 Å². The van der Waals surface area contributed by atoms with Gasteiger partial charge in [0.05, 0.1) is 6.04 Å². The topological polar surface area (TPSA) is 138 Å². The van der Waals surface area contributed by atoms with Crippen LogP contribution in [-0.2, 0) is 64.8 Å². The van der Waals surface area contributed by atoms with Crippen molar-refractivity contribution in [2.45, 2.75) is 64.2 Å². The first-order chi connectivity index (χ1) is 24.4. The van der Waals surface area contributed by atoms with E-state index in [-0.39, 0.29) is 58.7 Å². The van der Waals surface area contributed by atoms with Gasteiger partial charge in [-0.1, -0.05) is 121 Å². The molecule has 0 unspecified atom stereocenters. The van der Waals surface area contributed by atoms with Crippen LogP contribution in [0.4, 0.5) is 4.79 Å². The number of rotatable bonds is 20. The lowest BCUT2D eigenvalue weighted by molar-refractivity contribution is -0.306. The summed E-state index contributed by atoms with van der Waals surface area (Å²) in [5.41, 5.74) is 3.32. The van der Waals surface area contributed by atoms with Crippen molar-refractivity contribution in [2.24, 2.45) is 0 Å². The number of carbonyl (C=O) groups excluding carboxylic acids is 4. The lowest BCUT2D eigenvalue weighted by atomic mass is 10.1. The average Bonchev–Trinajstić information content (AvgIpc) is 3.16. The van der Waals surface area contributed by atoms with Gasteiger partial charge in [0.25, 0.3) is 0 Å². The molecule has 50 heavy (non-hydrogen) atoms. The maximum absolute atomic E-state index is 13.2. The van der Waals surface area contributed by atoms with Gasteiger partial charge in [0, 0.05) is 12.8 Å². The zero-order valence-electron chi connectivity index (χ0n) is 27.7. The molecule has 0 fully saturated rings. The fraction of sp³-hybridized carbons (Fsp3) is 0.282. The molecule has 2 amide bonds. The fourth-order valence-corrected chi connectivity index (χ4v) is 4.65. The van der Waals surface area contributed by atoms with Gasteiger partial charge in [-0.15, -0.1) is 0 Å². The van der Waals surface area contributed by atoms with Crippen LogP contribution in [-0.4, -0.2) is 42.6 Å². The van der Waals surface area contributed by atoms with E-state index in [1.54, 1.807) is 12.1 Å². The van der Waals surface area contributed by atoms with Gasteiger partial charge >= 0.3 is 23.9 Å². The first-order valence-corrected chi connectivity index (χ1v) is 16.4. The largest absolute Gasteiger partial charge is 0.461 e. The van der Waals surface area contributed by atoms with Crippen LogP contribution in [0.15, 0.2) is 121 Å². The van der Waals surface area contributed by atoms with Crippen molar-refractivity contribution in [2.75, 3.05) is 6.61 Å². The Kier molecular flexibility index (Phi) is 16.0. The molecular weight excluding hydrogens is 640 g/mol. The van der Waals surface area contributed by atoms with E-state index in [1.165, 1.54) is 0 Å². The second kappa shape index (κ2) is 21.5. The van der Waals surface area contributed by atoms with Crippen LogP contribution in [0.25, 0.3) is 0 Å². The molecule has 0 aliphatic carbocycles. The molecule has 4 rings (SSSR count). The Hall–Kier alpha value is -5.52. The van der Waals surface area contributed by atoms with Crippen molar-refractivity contribution in [1.29, 1.82) is 0 Å². The highest BCUT2D eigenvalue weighted by molar-refractivity contribution is 5.84. The Morgan fingerprint density at radius 3 is 1.38 bits per heavy atom. The van der Waals surface area contributed by atoms with Gasteiger partial charge in [-0.05, 0) is 35.1 Å². The van der Waals surface area contributed by atoms with Crippen LogP contribution >= 0.6 is 0 Å². The van der Waals surface area contributed by atoms with Gasteiger partial charge in [-0.25, -0.2) is 19.4 Å². The Bertz CT molecular complexity index is 1590. The maximum Gasteiger partial charge on any atom is 0.329 e. The minimum Gasteiger partial charge on any atom is -0.461 e. The average molecular weight is 683 g/mol. The highest BCUT2D eigenvalue weighted by Gasteiger charge is 2.25. The van der Waals surface area contributed by atoms with Crippen LogP contribution in [0.2, 0.25) is 0 Å². The van der Waals surface area contributed by atoms with Crippen LogP contribution in [0.5, 0.6) is 0 Å². The number of hydrogen-bond acceptors (Lipinski definition) is 9. The fourth-order valence-electron chi connectivity index (χ4n) is 4.65. The maximum atomic E-state index is 13.2. The molecule has 2 atom stereocenters. The molecule has 11 heteroatoms. The molecule has 11 nitrogen and oxygen atoms in total. The molecule has 0 saturated carbocycles. The zero-order chi connectivity index (χ0) is 35.2. The van der Waals surface area contributed by atoms with Gasteiger partial charge in [0.1, 0.15) is 39.1 Å². The van der Waals surface area contributed by atoms with Gasteiger partial charge in [0.2, 0.25) is 0 Å². The number of esters is 3. The van der Waals surface area contributed by atoms with Crippen molar-refractivity contribution >= 4 is 23.9 Å². The summed E-state index contributed by atoms with van der Waals surface area (Å²) >= 11 is 0. The third-order valence-corrected chi connectivity index (χ3v) is 7.39. The lowest BCUT2D eigenvalue weighted by Crippen LogP contribution is -2.50. The summed E-state index contributed by atoms with van der Waals surface area (Å²) in [7, 11) is 0. The Morgan fingerprint density at radius 1 is 0.480 bits per heavy atom. The van der Waals surface area contributed by atoms with Gasteiger partial charge in [0.15, 0.2) is 0 Å². The van der Waals surface area contributed by atoms with Crippen molar-refractivity contribution < 1.29 is 43.2 Å². The Morgan fingerprint density at radius 2 is 0.900 bits per heavy atom. The molecular formula is C39H42N2O9. The van der Waals surface area contributed by atoms with Gasteiger partial charge < -0.3 is 24.8 Å². The first kappa shape index (κ1) is 37.3. The van der Waals surface area contributed by atoms with Crippen LogP contribution < -0.4 is 10.6 Å². The molecule has 0 saturated heterocycles. The number of amides is 2. The third kappa shape index (κ3) is 14.7. The van der Waals surface area contributed by atoms with Gasteiger partial charge in [-0.2, -0.15) is 0 Å². The number of carbonyl (C=O) groups is 4. The predicted octanol–water partition coefficient (Wildman–Crippen LogP) is 5.96. The van der Waals surface area contributed by atoms with Crippen LogP contribution in [0.3, 0.4) is 0 Å². The van der Waals surface area contributed by atoms with Crippen LogP contribution in [0.1, 0.15) is 47.9 Å². The van der Waals surface area contributed by atoms with E-state index in [2.05, 4.69) is 10.6 Å². The van der Waals surface area contributed by atoms with Crippen molar-refractivity contribution in [3.8, 4) is 0 Å². The quantitative estimate of drug-likeness (QED) is 0.0380. The van der Waals surface area contributed by atoms with Crippen molar-refractivity contribution in [1.82, 2.24) is 10.6 Å². The molecule has 0 heterocycles. The minimum absolute atomic E-state index is 0.0156. The van der Waals surface area contributed by atoms with Crippen molar-refractivity contribution in [3.05, 3.63) is 144 Å². The molecule has 4 aromatic carbocycles. The molecule has 2 N–H and O–H groups in total. The number of nitrogens with one attached hydrogen (secondary N) is 2.